The largest absolute Gasteiger partial charge is 0.504 e. The second kappa shape index (κ2) is 5.99. The Balaban J connectivity index is 2.12. The fourth-order valence-electron chi connectivity index (χ4n) is 4.34. The summed E-state index contributed by atoms with van der Waals surface area (Å²) in [6.45, 7) is 0.845. The van der Waals surface area contributed by atoms with Crippen molar-refractivity contribution in [3.63, 3.8) is 0 Å². The van der Waals surface area contributed by atoms with E-state index >= 15 is 0 Å². The standard InChI is InChI=1S/C20H23NO5/c1-21-6-5-11-16-13(21)7-10-8-14(22)15(24-2)9-12(10)17(16)19(25-3)20(26-4)18(11)23/h8-9,13,22-23H,5-7H2,1-4H3/t13-/m1/s1. The van der Waals surface area contributed by atoms with Crippen LogP contribution in [0.3, 0.4) is 0 Å². The van der Waals surface area contributed by atoms with Crippen LogP contribution in [0.15, 0.2) is 12.1 Å². The Kier molecular flexibility index (Phi) is 3.88. The number of likely N-dealkylation sites (N-methyl/N-ethyl adjacent to an activating group) is 1. The summed E-state index contributed by atoms with van der Waals surface area (Å²) < 4.78 is 16.5. The van der Waals surface area contributed by atoms with Gasteiger partial charge in [-0.05, 0) is 48.7 Å². The summed E-state index contributed by atoms with van der Waals surface area (Å²) in [5.74, 6) is 1.56. The predicted octanol–water partition coefficient (Wildman–Crippen LogP) is 2.88. The van der Waals surface area contributed by atoms with Gasteiger partial charge in [0.05, 0.1) is 21.3 Å². The second-order valence-electron chi connectivity index (χ2n) is 6.81. The lowest BCUT2D eigenvalue weighted by Gasteiger charge is -2.41. The minimum absolute atomic E-state index is 0.111. The number of hydrogen-bond donors (Lipinski definition) is 2. The van der Waals surface area contributed by atoms with Crippen molar-refractivity contribution in [1.82, 2.24) is 4.90 Å². The third-order valence-electron chi connectivity index (χ3n) is 5.60. The molecule has 0 aromatic heterocycles. The average Bonchev–Trinajstić information content (AvgIpc) is 2.64. The maximum absolute atomic E-state index is 10.8. The average molecular weight is 357 g/mol. The molecule has 2 aromatic rings. The number of rotatable bonds is 3. The first-order valence-corrected chi connectivity index (χ1v) is 8.61. The van der Waals surface area contributed by atoms with Crippen molar-refractivity contribution in [2.75, 3.05) is 34.9 Å². The molecule has 0 bridgehead atoms. The molecule has 0 spiro atoms. The van der Waals surface area contributed by atoms with Crippen LogP contribution in [0.5, 0.6) is 28.7 Å². The summed E-state index contributed by atoms with van der Waals surface area (Å²) in [4.78, 5) is 2.28. The summed E-state index contributed by atoms with van der Waals surface area (Å²) in [5, 5.41) is 21.0. The van der Waals surface area contributed by atoms with Crippen LogP contribution in [-0.4, -0.2) is 50.0 Å². The highest BCUT2D eigenvalue weighted by Gasteiger charge is 2.39. The van der Waals surface area contributed by atoms with Crippen molar-refractivity contribution in [2.24, 2.45) is 0 Å². The van der Waals surface area contributed by atoms with Crippen LogP contribution < -0.4 is 14.2 Å². The lowest BCUT2D eigenvalue weighted by Crippen LogP contribution is -2.35. The van der Waals surface area contributed by atoms with Crippen molar-refractivity contribution < 1.29 is 24.4 Å². The number of phenols is 2. The number of benzene rings is 2. The minimum atomic E-state index is 0.111. The number of nitrogens with zero attached hydrogens (tertiary/aromatic N) is 1. The van der Waals surface area contributed by atoms with Gasteiger partial charge in [-0.2, -0.15) is 0 Å². The predicted molar refractivity (Wildman–Crippen MR) is 97.6 cm³/mol. The van der Waals surface area contributed by atoms with E-state index in [4.69, 9.17) is 14.2 Å². The molecule has 1 aliphatic heterocycles. The van der Waals surface area contributed by atoms with Gasteiger partial charge in [-0.1, -0.05) is 0 Å². The molecule has 0 saturated carbocycles. The summed E-state index contributed by atoms with van der Waals surface area (Å²) in [6, 6.07) is 3.71. The molecule has 2 N–H and O–H groups in total. The maximum Gasteiger partial charge on any atom is 0.204 e. The van der Waals surface area contributed by atoms with Crippen LogP contribution in [0.2, 0.25) is 0 Å². The smallest absolute Gasteiger partial charge is 0.204 e. The lowest BCUT2D eigenvalue weighted by atomic mass is 9.76. The van der Waals surface area contributed by atoms with Gasteiger partial charge < -0.3 is 24.4 Å². The van der Waals surface area contributed by atoms with E-state index in [0.29, 0.717) is 17.2 Å². The molecule has 0 unspecified atom stereocenters. The van der Waals surface area contributed by atoms with E-state index in [1.807, 2.05) is 6.07 Å². The zero-order chi connectivity index (χ0) is 18.6. The van der Waals surface area contributed by atoms with Crippen LogP contribution in [0.25, 0.3) is 11.1 Å². The normalized spacial score (nSPS) is 18.1. The SMILES string of the molecule is COc1cc2c(cc1O)C[C@@H]1c3c(c(O)c(OC)c(OC)c3-2)CCN1C. The summed E-state index contributed by atoms with van der Waals surface area (Å²) in [5.41, 5.74) is 4.87. The zero-order valence-corrected chi connectivity index (χ0v) is 15.4. The van der Waals surface area contributed by atoms with Gasteiger partial charge in [0, 0.05) is 23.7 Å². The second-order valence-corrected chi connectivity index (χ2v) is 6.81. The molecule has 6 nitrogen and oxygen atoms in total. The Hall–Kier alpha value is -2.60. The van der Waals surface area contributed by atoms with Gasteiger partial charge in [0.25, 0.3) is 0 Å². The fourth-order valence-corrected chi connectivity index (χ4v) is 4.34. The molecule has 4 rings (SSSR count). The third-order valence-corrected chi connectivity index (χ3v) is 5.60. The van der Waals surface area contributed by atoms with E-state index in [2.05, 4.69) is 11.9 Å². The first kappa shape index (κ1) is 16.8. The van der Waals surface area contributed by atoms with E-state index in [-0.39, 0.29) is 17.5 Å². The van der Waals surface area contributed by atoms with Crippen molar-refractivity contribution in [1.29, 1.82) is 0 Å². The van der Waals surface area contributed by atoms with Crippen molar-refractivity contribution in [3.05, 3.63) is 28.8 Å². The molecular weight excluding hydrogens is 334 g/mol. The van der Waals surface area contributed by atoms with Gasteiger partial charge in [-0.15, -0.1) is 0 Å². The van der Waals surface area contributed by atoms with E-state index in [1.165, 1.54) is 14.2 Å². The van der Waals surface area contributed by atoms with Crippen LogP contribution in [-0.2, 0) is 12.8 Å². The van der Waals surface area contributed by atoms with Crippen molar-refractivity contribution in [2.45, 2.75) is 18.9 Å². The highest BCUT2D eigenvalue weighted by atomic mass is 16.5. The van der Waals surface area contributed by atoms with Crippen LogP contribution in [0.1, 0.15) is 22.7 Å². The molecule has 6 heteroatoms. The van der Waals surface area contributed by atoms with Crippen LogP contribution in [0.4, 0.5) is 0 Å². The molecular formula is C20H23NO5. The van der Waals surface area contributed by atoms with Gasteiger partial charge >= 0.3 is 0 Å². The number of methoxy groups -OCH3 is 3. The molecule has 26 heavy (non-hydrogen) atoms. The van der Waals surface area contributed by atoms with E-state index in [1.54, 1.807) is 13.2 Å². The van der Waals surface area contributed by atoms with E-state index in [9.17, 15) is 10.2 Å². The highest BCUT2D eigenvalue weighted by Crippen LogP contribution is 2.57. The molecule has 0 fully saturated rings. The van der Waals surface area contributed by atoms with Crippen molar-refractivity contribution in [3.8, 4) is 39.9 Å². The molecule has 0 radical (unpaired) electrons. The first-order valence-electron chi connectivity index (χ1n) is 8.61. The quantitative estimate of drug-likeness (QED) is 0.880. The Morgan fingerprint density at radius 2 is 1.77 bits per heavy atom. The topological polar surface area (TPSA) is 71.4 Å². The fraction of sp³-hybridized carbons (Fsp3) is 0.400. The van der Waals surface area contributed by atoms with Gasteiger partial charge in [0.1, 0.15) is 0 Å². The highest BCUT2D eigenvalue weighted by molar-refractivity contribution is 5.87. The van der Waals surface area contributed by atoms with E-state index < -0.39 is 0 Å². The van der Waals surface area contributed by atoms with Crippen LogP contribution >= 0.6 is 0 Å². The molecule has 138 valence electrons. The molecule has 1 heterocycles. The minimum Gasteiger partial charge on any atom is -0.504 e. The summed E-state index contributed by atoms with van der Waals surface area (Å²) in [6.07, 6.45) is 1.49. The van der Waals surface area contributed by atoms with Crippen molar-refractivity contribution >= 4 is 0 Å². The molecule has 2 aromatic carbocycles. The molecule has 1 aliphatic carbocycles. The molecule has 2 aliphatic rings. The molecule has 1 atom stereocenters. The van der Waals surface area contributed by atoms with E-state index in [0.717, 1.165) is 47.2 Å². The lowest BCUT2D eigenvalue weighted by molar-refractivity contribution is 0.223. The Morgan fingerprint density at radius 1 is 1.04 bits per heavy atom. The molecule has 0 amide bonds. The van der Waals surface area contributed by atoms with Gasteiger partial charge in [0.15, 0.2) is 23.0 Å². The van der Waals surface area contributed by atoms with Gasteiger partial charge in [-0.3, -0.25) is 4.90 Å². The monoisotopic (exact) mass is 357 g/mol. The van der Waals surface area contributed by atoms with Crippen LogP contribution in [0, 0.1) is 0 Å². The Bertz CT molecular complexity index is 893. The number of phenolic OH excluding ortho intramolecular Hbond substituents is 2. The van der Waals surface area contributed by atoms with Gasteiger partial charge in [0.2, 0.25) is 5.75 Å². The molecule has 0 saturated heterocycles. The third kappa shape index (κ3) is 2.15. The first-order chi connectivity index (χ1) is 12.5. The number of aromatic hydroxyl groups is 2. The Labute approximate surface area is 152 Å². The maximum atomic E-state index is 10.8. The Morgan fingerprint density at radius 3 is 2.42 bits per heavy atom. The zero-order valence-electron chi connectivity index (χ0n) is 15.4. The summed E-state index contributed by atoms with van der Waals surface area (Å²) >= 11 is 0. The number of fused-ring (bicyclic) bond motifs is 2. The van der Waals surface area contributed by atoms with Gasteiger partial charge in [-0.25, -0.2) is 0 Å². The number of hydrogen-bond acceptors (Lipinski definition) is 6. The number of ether oxygens (including phenoxy) is 3. The summed E-state index contributed by atoms with van der Waals surface area (Å²) in [7, 11) is 6.72.